The lowest BCUT2D eigenvalue weighted by Crippen LogP contribution is -2.40. The Labute approximate surface area is 153 Å². The zero-order chi connectivity index (χ0) is 18.5. The van der Waals surface area contributed by atoms with E-state index in [4.69, 9.17) is 4.74 Å². The number of carbonyl (C=O) groups excluding carboxylic acids is 1. The summed E-state index contributed by atoms with van der Waals surface area (Å²) in [5.74, 6) is -3.79. The number of ether oxygens (including phenoxy) is 1. The highest BCUT2D eigenvalue weighted by atomic mass is 16.5. The van der Waals surface area contributed by atoms with Crippen molar-refractivity contribution in [3.63, 3.8) is 0 Å². The average molecular weight is 350 g/mol. The van der Waals surface area contributed by atoms with Gasteiger partial charge in [-0.2, -0.15) is 0 Å². The smallest absolute Gasteiger partial charge is 0.310 e. The molecular weight excluding hydrogens is 328 g/mol. The molecule has 0 saturated heterocycles. The Morgan fingerprint density at radius 1 is 0.846 bits per heavy atom. The number of aliphatic carboxylic acids is 1. The van der Waals surface area contributed by atoms with Gasteiger partial charge >= 0.3 is 11.9 Å². The van der Waals surface area contributed by atoms with Gasteiger partial charge in [0.15, 0.2) is 0 Å². The minimum Gasteiger partial charge on any atom is -0.481 e. The lowest BCUT2D eigenvalue weighted by Gasteiger charge is -2.36. The van der Waals surface area contributed by atoms with Gasteiger partial charge in [0.25, 0.3) is 0 Å². The second kappa shape index (κ2) is 8.00. The molecule has 0 saturated carbocycles. The molecule has 2 aromatic carbocycles. The summed E-state index contributed by atoms with van der Waals surface area (Å²) in [5.41, 5.74) is 1.80. The Morgan fingerprint density at radius 2 is 1.31 bits per heavy atom. The number of allylic oxidation sites excluding steroid dienone is 2. The molecule has 1 aliphatic rings. The highest BCUT2D eigenvalue weighted by molar-refractivity contribution is 5.84. The van der Waals surface area contributed by atoms with Crippen LogP contribution in [0.25, 0.3) is 0 Å². The van der Waals surface area contributed by atoms with Gasteiger partial charge in [-0.05, 0) is 18.1 Å². The fourth-order valence-electron chi connectivity index (χ4n) is 3.75. The molecule has 4 nitrogen and oxygen atoms in total. The zero-order valence-corrected chi connectivity index (χ0v) is 14.6. The molecule has 2 aromatic rings. The van der Waals surface area contributed by atoms with E-state index in [1.165, 1.54) is 0 Å². The molecule has 4 atom stereocenters. The van der Waals surface area contributed by atoms with Crippen LogP contribution in [0, 0.1) is 11.8 Å². The number of benzene rings is 2. The Balaban J connectivity index is 2.09. The second-order valence-corrected chi connectivity index (χ2v) is 6.40. The van der Waals surface area contributed by atoms with E-state index in [9.17, 15) is 14.7 Å². The summed E-state index contributed by atoms with van der Waals surface area (Å²) in [6.07, 6.45) is 3.87. The molecule has 0 unspecified atom stereocenters. The molecule has 0 aromatic heterocycles. The van der Waals surface area contributed by atoms with Gasteiger partial charge in [0.1, 0.15) is 0 Å². The molecule has 0 spiro atoms. The Morgan fingerprint density at radius 3 is 1.73 bits per heavy atom. The van der Waals surface area contributed by atoms with Gasteiger partial charge in [0.05, 0.1) is 18.4 Å². The van der Waals surface area contributed by atoms with E-state index >= 15 is 0 Å². The zero-order valence-electron chi connectivity index (χ0n) is 14.6. The van der Waals surface area contributed by atoms with Crippen LogP contribution >= 0.6 is 0 Å². The normalized spacial score (nSPS) is 24.8. The van der Waals surface area contributed by atoms with E-state index < -0.39 is 23.8 Å². The molecule has 1 aliphatic carbocycles. The maximum Gasteiger partial charge on any atom is 0.310 e. The van der Waals surface area contributed by atoms with Crippen LogP contribution < -0.4 is 0 Å². The summed E-state index contributed by atoms with van der Waals surface area (Å²) in [4.78, 5) is 24.9. The highest BCUT2D eigenvalue weighted by Crippen LogP contribution is 2.45. The summed E-state index contributed by atoms with van der Waals surface area (Å²) in [6, 6.07) is 19.0. The van der Waals surface area contributed by atoms with Crippen molar-refractivity contribution in [3.8, 4) is 0 Å². The molecule has 26 heavy (non-hydrogen) atoms. The molecule has 0 aliphatic heterocycles. The van der Waals surface area contributed by atoms with Crippen LogP contribution in [0.5, 0.6) is 0 Å². The minimum atomic E-state index is -0.984. The lowest BCUT2D eigenvalue weighted by atomic mass is 9.66. The number of carbonyl (C=O) groups is 2. The van der Waals surface area contributed by atoms with Crippen LogP contribution in [-0.4, -0.2) is 23.7 Å². The number of hydrogen-bond donors (Lipinski definition) is 1. The third-order valence-electron chi connectivity index (χ3n) is 4.90. The Kier molecular flexibility index (Phi) is 5.52. The standard InChI is InChI=1S/C22H22O4/c1-2-26-22(25)20-18(16-11-7-4-8-12-16)14-13-17(19(20)21(23)24)15-9-5-3-6-10-15/h3-14,17-20H,2H2,1H3,(H,23,24)/t17-,18+,19+,20+/m1/s1. The first-order valence-corrected chi connectivity index (χ1v) is 8.81. The average Bonchev–Trinajstić information content (AvgIpc) is 2.68. The first-order chi connectivity index (χ1) is 12.6. The Hall–Kier alpha value is -2.88. The fraction of sp³-hybridized carbons (Fsp3) is 0.273. The number of carboxylic acid groups (broad SMARTS) is 1. The molecular formula is C22H22O4. The molecule has 134 valence electrons. The molecule has 0 fully saturated rings. The van der Waals surface area contributed by atoms with Gasteiger partial charge in [-0.3, -0.25) is 9.59 Å². The number of esters is 1. The van der Waals surface area contributed by atoms with Crippen molar-refractivity contribution in [2.75, 3.05) is 6.61 Å². The summed E-state index contributed by atoms with van der Waals surface area (Å²) in [7, 11) is 0. The third-order valence-corrected chi connectivity index (χ3v) is 4.90. The number of carboxylic acids is 1. The highest BCUT2D eigenvalue weighted by Gasteiger charge is 2.46. The van der Waals surface area contributed by atoms with Crippen LogP contribution in [-0.2, 0) is 14.3 Å². The van der Waals surface area contributed by atoms with Crippen molar-refractivity contribution in [2.24, 2.45) is 11.8 Å². The van der Waals surface area contributed by atoms with E-state index in [0.717, 1.165) is 11.1 Å². The molecule has 0 amide bonds. The largest absolute Gasteiger partial charge is 0.481 e. The van der Waals surface area contributed by atoms with Gasteiger partial charge in [0.2, 0.25) is 0 Å². The SMILES string of the molecule is CCOC(=O)[C@@H]1[C@@H](C(=O)O)[C@@H](c2ccccc2)C=C[C@H]1c1ccccc1. The van der Waals surface area contributed by atoms with E-state index in [-0.39, 0.29) is 18.4 Å². The van der Waals surface area contributed by atoms with Crippen LogP contribution in [0.3, 0.4) is 0 Å². The molecule has 4 heteroatoms. The van der Waals surface area contributed by atoms with E-state index in [0.29, 0.717) is 0 Å². The predicted octanol–water partition coefficient (Wildman–Crippen LogP) is 4.00. The quantitative estimate of drug-likeness (QED) is 0.654. The fourth-order valence-corrected chi connectivity index (χ4v) is 3.75. The van der Waals surface area contributed by atoms with Crippen molar-refractivity contribution >= 4 is 11.9 Å². The summed E-state index contributed by atoms with van der Waals surface area (Å²) in [6.45, 7) is 1.96. The third kappa shape index (κ3) is 3.54. The van der Waals surface area contributed by atoms with Gasteiger partial charge < -0.3 is 9.84 Å². The predicted molar refractivity (Wildman–Crippen MR) is 98.8 cm³/mol. The van der Waals surface area contributed by atoms with Gasteiger partial charge in [-0.25, -0.2) is 0 Å². The van der Waals surface area contributed by atoms with Crippen LogP contribution in [0.15, 0.2) is 72.8 Å². The van der Waals surface area contributed by atoms with Crippen molar-refractivity contribution in [1.82, 2.24) is 0 Å². The second-order valence-electron chi connectivity index (χ2n) is 6.40. The maximum absolute atomic E-state index is 12.8. The van der Waals surface area contributed by atoms with E-state index in [1.807, 2.05) is 72.8 Å². The van der Waals surface area contributed by atoms with Crippen LogP contribution in [0.4, 0.5) is 0 Å². The van der Waals surface area contributed by atoms with Crippen LogP contribution in [0.1, 0.15) is 29.9 Å². The maximum atomic E-state index is 12.8. The first-order valence-electron chi connectivity index (χ1n) is 8.81. The van der Waals surface area contributed by atoms with Crippen molar-refractivity contribution in [2.45, 2.75) is 18.8 Å². The number of hydrogen-bond acceptors (Lipinski definition) is 3. The van der Waals surface area contributed by atoms with Crippen LogP contribution in [0.2, 0.25) is 0 Å². The van der Waals surface area contributed by atoms with Crippen molar-refractivity contribution in [1.29, 1.82) is 0 Å². The Bertz CT molecular complexity index is 782. The molecule has 1 N–H and O–H groups in total. The van der Waals surface area contributed by atoms with Crippen molar-refractivity contribution in [3.05, 3.63) is 83.9 Å². The molecule has 0 bridgehead atoms. The van der Waals surface area contributed by atoms with Gasteiger partial charge in [0, 0.05) is 11.8 Å². The first kappa shape index (κ1) is 17.9. The monoisotopic (exact) mass is 350 g/mol. The lowest BCUT2D eigenvalue weighted by molar-refractivity contribution is -0.159. The summed E-state index contributed by atoms with van der Waals surface area (Å²) >= 11 is 0. The molecule has 3 rings (SSSR count). The van der Waals surface area contributed by atoms with Crippen molar-refractivity contribution < 1.29 is 19.4 Å². The topological polar surface area (TPSA) is 63.6 Å². The molecule has 0 heterocycles. The summed E-state index contributed by atoms with van der Waals surface area (Å²) < 4.78 is 5.26. The van der Waals surface area contributed by atoms with E-state index in [2.05, 4.69) is 0 Å². The van der Waals surface area contributed by atoms with Gasteiger partial charge in [-0.1, -0.05) is 72.8 Å². The molecule has 0 radical (unpaired) electrons. The van der Waals surface area contributed by atoms with E-state index in [1.54, 1.807) is 6.92 Å². The van der Waals surface area contributed by atoms with Gasteiger partial charge in [-0.15, -0.1) is 0 Å². The number of rotatable bonds is 5. The summed E-state index contributed by atoms with van der Waals surface area (Å²) in [5, 5.41) is 9.98. The minimum absolute atomic E-state index is 0.225.